The number of carbonyl (C=O) groups is 4. The van der Waals surface area contributed by atoms with Crippen LogP contribution in [0, 0.1) is 19.3 Å². The third-order valence-corrected chi connectivity index (χ3v) is 6.12. The second-order valence-corrected chi connectivity index (χ2v) is 9.85. The summed E-state index contributed by atoms with van der Waals surface area (Å²) >= 11 is 1.27. The second kappa shape index (κ2) is 9.22. The van der Waals surface area contributed by atoms with Gasteiger partial charge in [0, 0.05) is 21.9 Å². The van der Waals surface area contributed by atoms with E-state index in [1.54, 1.807) is 27.7 Å². The van der Waals surface area contributed by atoms with Crippen LogP contribution in [0.4, 0.5) is 10.7 Å². The van der Waals surface area contributed by atoms with E-state index in [-0.39, 0.29) is 35.3 Å². The van der Waals surface area contributed by atoms with Crippen molar-refractivity contribution in [2.24, 2.45) is 5.41 Å². The molecule has 0 aliphatic carbocycles. The van der Waals surface area contributed by atoms with E-state index in [0.29, 0.717) is 22.1 Å². The minimum Gasteiger partial charge on any atom is -0.454 e. The Balaban J connectivity index is 1.71. The van der Waals surface area contributed by atoms with Crippen LogP contribution in [0.3, 0.4) is 0 Å². The first-order chi connectivity index (χ1) is 15.4. The fourth-order valence-corrected chi connectivity index (χ4v) is 4.02. The topological polar surface area (TPSA) is 120 Å². The number of amides is 2. The van der Waals surface area contributed by atoms with E-state index in [1.807, 2.05) is 6.92 Å². The number of esters is 1. The van der Waals surface area contributed by atoms with Gasteiger partial charge in [-0.25, -0.2) is 4.79 Å². The highest BCUT2D eigenvalue weighted by Crippen LogP contribution is 2.37. The van der Waals surface area contributed by atoms with Gasteiger partial charge in [-0.05, 0) is 32.4 Å². The van der Waals surface area contributed by atoms with Crippen molar-refractivity contribution in [1.82, 2.24) is 0 Å². The fourth-order valence-electron chi connectivity index (χ4n) is 2.98. The van der Waals surface area contributed by atoms with Crippen LogP contribution in [0.15, 0.2) is 12.1 Å². The smallest absolute Gasteiger partial charge is 0.341 e. The van der Waals surface area contributed by atoms with Crippen LogP contribution in [-0.2, 0) is 14.3 Å². The predicted molar refractivity (Wildman–Crippen MR) is 123 cm³/mol. The molecule has 0 radical (unpaired) electrons. The zero-order valence-corrected chi connectivity index (χ0v) is 20.2. The average Bonchev–Trinajstić information content (AvgIpc) is 3.28. The molecule has 10 heteroatoms. The summed E-state index contributed by atoms with van der Waals surface area (Å²) in [7, 11) is 0. The molecular formula is C23H26N2O7S. The zero-order chi connectivity index (χ0) is 24.5. The van der Waals surface area contributed by atoms with Gasteiger partial charge in [0.2, 0.25) is 12.7 Å². The number of nitrogens with one attached hydrogen (secondary N) is 2. The Morgan fingerprint density at radius 3 is 2.30 bits per heavy atom. The Hall–Kier alpha value is -3.40. The van der Waals surface area contributed by atoms with Crippen molar-refractivity contribution >= 4 is 45.6 Å². The van der Waals surface area contributed by atoms with Gasteiger partial charge in [-0.2, -0.15) is 0 Å². The highest BCUT2D eigenvalue weighted by Gasteiger charge is 2.27. The molecule has 0 saturated heterocycles. The molecule has 2 amide bonds. The van der Waals surface area contributed by atoms with Crippen molar-refractivity contribution in [2.75, 3.05) is 24.0 Å². The number of ether oxygens (including phenoxy) is 3. The van der Waals surface area contributed by atoms with Gasteiger partial charge < -0.3 is 24.8 Å². The number of carbonyl (C=O) groups excluding carboxylic acids is 4. The molecule has 2 N–H and O–H groups in total. The van der Waals surface area contributed by atoms with Gasteiger partial charge in [-0.1, -0.05) is 20.8 Å². The number of ketones is 1. The van der Waals surface area contributed by atoms with Crippen LogP contribution in [0.25, 0.3) is 0 Å². The number of anilines is 2. The van der Waals surface area contributed by atoms with Crippen molar-refractivity contribution in [3.63, 3.8) is 0 Å². The molecule has 1 aromatic carbocycles. The molecule has 0 bridgehead atoms. The number of benzene rings is 1. The highest BCUT2D eigenvalue weighted by atomic mass is 32.1. The molecule has 3 rings (SSSR count). The first kappa shape index (κ1) is 24.2. The number of hydrogen-bond donors (Lipinski definition) is 2. The number of Topliss-reactive ketones (excluding diaryl/α,β-unsaturated/α-hetero) is 1. The molecule has 0 atom stereocenters. The number of hydrogen-bond acceptors (Lipinski definition) is 8. The Kier molecular flexibility index (Phi) is 6.78. The van der Waals surface area contributed by atoms with Gasteiger partial charge in [-0.15, -0.1) is 11.3 Å². The molecule has 0 unspecified atom stereocenters. The number of thiophene rings is 1. The summed E-state index contributed by atoms with van der Waals surface area (Å²) in [5, 5.41) is 5.73. The monoisotopic (exact) mass is 474 g/mol. The van der Waals surface area contributed by atoms with Crippen molar-refractivity contribution in [1.29, 1.82) is 0 Å². The minimum atomic E-state index is -0.728. The number of rotatable bonds is 6. The summed E-state index contributed by atoms with van der Waals surface area (Å²) in [6, 6.07) is 2.99. The molecule has 176 valence electrons. The zero-order valence-electron chi connectivity index (χ0n) is 19.3. The summed E-state index contributed by atoms with van der Waals surface area (Å²) < 4.78 is 15.8. The maximum atomic E-state index is 12.8. The number of aryl methyl sites for hydroxylation is 1. The van der Waals surface area contributed by atoms with Gasteiger partial charge in [0.05, 0.1) is 11.3 Å². The maximum Gasteiger partial charge on any atom is 0.341 e. The predicted octanol–water partition coefficient (Wildman–Crippen LogP) is 4.08. The van der Waals surface area contributed by atoms with E-state index in [4.69, 9.17) is 14.2 Å². The van der Waals surface area contributed by atoms with Crippen LogP contribution in [-0.4, -0.2) is 37.0 Å². The Morgan fingerprint density at radius 2 is 1.70 bits per heavy atom. The van der Waals surface area contributed by atoms with E-state index in [2.05, 4.69) is 10.6 Å². The van der Waals surface area contributed by atoms with Gasteiger partial charge >= 0.3 is 5.97 Å². The lowest BCUT2D eigenvalue weighted by Crippen LogP contribution is -2.28. The maximum absolute atomic E-state index is 12.8. The van der Waals surface area contributed by atoms with E-state index in [9.17, 15) is 19.2 Å². The van der Waals surface area contributed by atoms with Crippen LogP contribution in [0.5, 0.6) is 11.5 Å². The molecule has 9 nitrogen and oxygen atoms in total. The first-order valence-corrected chi connectivity index (χ1v) is 11.0. The minimum absolute atomic E-state index is 0.0230. The molecule has 2 heterocycles. The van der Waals surface area contributed by atoms with Crippen molar-refractivity contribution in [3.05, 3.63) is 33.7 Å². The Bertz CT molecular complexity index is 1140. The number of fused-ring (bicyclic) bond motifs is 1. The van der Waals surface area contributed by atoms with Crippen LogP contribution >= 0.6 is 11.3 Å². The lowest BCUT2D eigenvalue weighted by molar-refractivity contribution is -0.123. The molecule has 33 heavy (non-hydrogen) atoms. The molecule has 1 aromatic heterocycles. The van der Waals surface area contributed by atoms with Crippen LogP contribution in [0.1, 0.15) is 58.9 Å². The molecule has 1 aliphatic rings. The lowest BCUT2D eigenvalue weighted by Gasteiger charge is -2.17. The quantitative estimate of drug-likeness (QED) is 0.478. The largest absolute Gasteiger partial charge is 0.454 e. The standard InChI is InChI=1S/C23H26N2O7S/c1-11-13(3)33-20(25-22(29)23(4,5)6)19(11)21(28)30-9-18(27)24-15-8-17-16(31-10-32-17)7-14(15)12(2)26/h7-8H,9-10H2,1-6H3,(H,24,27)(H,25,29). The first-order valence-electron chi connectivity index (χ1n) is 10.2. The normalized spacial score (nSPS) is 12.3. The van der Waals surface area contributed by atoms with E-state index in [1.165, 1.54) is 30.4 Å². The van der Waals surface area contributed by atoms with Gasteiger partial charge in [-0.3, -0.25) is 14.4 Å². The van der Waals surface area contributed by atoms with Crippen molar-refractivity contribution in [2.45, 2.75) is 41.5 Å². The van der Waals surface area contributed by atoms with Crippen molar-refractivity contribution < 1.29 is 33.4 Å². The van der Waals surface area contributed by atoms with Gasteiger partial charge in [0.1, 0.15) is 5.00 Å². The summed E-state index contributed by atoms with van der Waals surface area (Å²) in [4.78, 5) is 50.5. The average molecular weight is 475 g/mol. The second-order valence-electron chi connectivity index (χ2n) is 8.62. The lowest BCUT2D eigenvalue weighted by atomic mass is 9.96. The fraction of sp³-hybridized carbons (Fsp3) is 0.391. The third-order valence-electron chi connectivity index (χ3n) is 5.00. The Morgan fingerprint density at radius 1 is 1.06 bits per heavy atom. The summed E-state index contributed by atoms with van der Waals surface area (Å²) in [6.07, 6.45) is 0. The van der Waals surface area contributed by atoms with Crippen LogP contribution in [0.2, 0.25) is 0 Å². The molecule has 2 aromatic rings. The molecule has 1 aliphatic heterocycles. The van der Waals surface area contributed by atoms with E-state index < -0.39 is 23.9 Å². The van der Waals surface area contributed by atoms with Gasteiger partial charge in [0.25, 0.3) is 5.91 Å². The summed E-state index contributed by atoms with van der Waals surface area (Å²) in [6.45, 7) is 9.69. The highest BCUT2D eigenvalue weighted by molar-refractivity contribution is 7.16. The molecule has 0 spiro atoms. The Labute approximate surface area is 195 Å². The molecule has 0 saturated carbocycles. The van der Waals surface area contributed by atoms with Crippen LogP contribution < -0.4 is 20.1 Å². The SMILES string of the molecule is CC(=O)c1cc2c(cc1NC(=O)COC(=O)c1c(NC(=O)C(C)(C)C)sc(C)c1C)OCO2. The van der Waals surface area contributed by atoms with Gasteiger partial charge in [0.15, 0.2) is 23.9 Å². The summed E-state index contributed by atoms with van der Waals surface area (Å²) in [5.74, 6) is -1.06. The van der Waals surface area contributed by atoms with E-state index >= 15 is 0 Å². The van der Waals surface area contributed by atoms with Crippen molar-refractivity contribution in [3.8, 4) is 11.5 Å². The molecular weight excluding hydrogens is 448 g/mol. The summed E-state index contributed by atoms with van der Waals surface area (Å²) in [5.41, 5.74) is 0.717. The molecule has 0 fully saturated rings. The van der Waals surface area contributed by atoms with E-state index in [0.717, 1.165) is 4.88 Å². The third kappa shape index (κ3) is 5.33.